The maximum absolute atomic E-state index is 10.3. The van der Waals surface area contributed by atoms with Gasteiger partial charge in [0.05, 0.1) is 25.4 Å². The molecular formula is C26H35ClO8. The summed E-state index contributed by atoms with van der Waals surface area (Å²) in [4.78, 5) is 8.56. The van der Waals surface area contributed by atoms with E-state index >= 15 is 0 Å². The van der Waals surface area contributed by atoms with Crippen molar-refractivity contribution in [1.29, 1.82) is 0 Å². The van der Waals surface area contributed by atoms with E-state index in [9.17, 15) is 10.2 Å². The van der Waals surface area contributed by atoms with Gasteiger partial charge >= 0.3 is 6.16 Å². The monoisotopic (exact) mass is 510 g/mol. The molecule has 0 spiro atoms. The molecule has 1 aliphatic rings. The topological polar surface area (TPSA) is 126 Å². The van der Waals surface area contributed by atoms with Gasteiger partial charge in [0.25, 0.3) is 0 Å². The summed E-state index contributed by atoms with van der Waals surface area (Å²) in [6.45, 7) is 1.14. The number of benzene rings is 2. The number of hydrogen-bond acceptors (Lipinski definition) is 6. The molecule has 1 saturated carbocycles. The molecule has 9 heteroatoms. The highest BCUT2D eigenvalue weighted by molar-refractivity contribution is 6.30. The molecule has 1 fully saturated rings. The molecule has 0 saturated heterocycles. The van der Waals surface area contributed by atoms with Crippen LogP contribution >= 0.6 is 11.6 Å². The van der Waals surface area contributed by atoms with Crippen LogP contribution in [0.25, 0.3) is 0 Å². The largest absolute Gasteiger partial charge is 0.503 e. The van der Waals surface area contributed by atoms with Crippen LogP contribution in [-0.2, 0) is 22.3 Å². The third kappa shape index (κ3) is 11.3. The van der Waals surface area contributed by atoms with Crippen LogP contribution in [0, 0.1) is 0 Å². The van der Waals surface area contributed by atoms with Crippen molar-refractivity contribution >= 4 is 17.8 Å². The van der Waals surface area contributed by atoms with Gasteiger partial charge in [-0.15, -0.1) is 0 Å². The highest BCUT2D eigenvalue weighted by atomic mass is 35.5. The van der Waals surface area contributed by atoms with Crippen molar-refractivity contribution in [3.8, 4) is 5.75 Å². The summed E-state index contributed by atoms with van der Waals surface area (Å²) in [5, 5.41) is 35.2. The van der Waals surface area contributed by atoms with E-state index in [-0.39, 0.29) is 6.10 Å². The molecule has 2 aromatic carbocycles. The van der Waals surface area contributed by atoms with Crippen molar-refractivity contribution in [3.05, 3.63) is 64.7 Å². The third-order valence-corrected chi connectivity index (χ3v) is 6.00. The van der Waals surface area contributed by atoms with E-state index in [1.807, 2.05) is 48.5 Å². The summed E-state index contributed by atoms with van der Waals surface area (Å²) in [5.74, 6) is 0.846. The molecule has 0 unspecified atom stereocenters. The van der Waals surface area contributed by atoms with Gasteiger partial charge in [0.2, 0.25) is 0 Å². The van der Waals surface area contributed by atoms with Crippen LogP contribution in [0.1, 0.15) is 36.8 Å². The Labute approximate surface area is 211 Å². The fraction of sp³-hybridized carbons (Fsp3) is 0.500. The lowest BCUT2D eigenvalue weighted by atomic mass is 9.89. The number of ether oxygens (including phenoxy) is 3. The number of rotatable bonds is 11. The molecule has 35 heavy (non-hydrogen) atoms. The average molecular weight is 511 g/mol. The zero-order chi connectivity index (χ0) is 25.6. The zero-order valence-corrected chi connectivity index (χ0v) is 20.6. The summed E-state index contributed by atoms with van der Waals surface area (Å²) in [7, 11) is 1.66. The van der Waals surface area contributed by atoms with E-state index in [0.717, 1.165) is 36.5 Å². The summed E-state index contributed by atoms with van der Waals surface area (Å²) in [6, 6.07) is 15.8. The first-order chi connectivity index (χ1) is 16.8. The van der Waals surface area contributed by atoms with Crippen molar-refractivity contribution in [3.63, 3.8) is 0 Å². The number of carbonyl (C=O) groups is 1. The van der Waals surface area contributed by atoms with Crippen molar-refractivity contribution in [2.24, 2.45) is 0 Å². The van der Waals surface area contributed by atoms with Gasteiger partial charge in [-0.3, -0.25) is 0 Å². The molecule has 0 radical (unpaired) electrons. The third-order valence-electron chi connectivity index (χ3n) is 5.75. The fourth-order valence-electron chi connectivity index (χ4n) is 3.93. The minimum atomic E-state index is -1.83. The van der Waals surface area contributed by atoms with Gasteiger partial charge in [0, 0.05) is 31.1 Å². The lowest BCUT2D eigenvalue weighted by Gasteiger charge is -2.36. The lowest BCUT2D eigenvalue weighted by Crippen LogP contribution is -2.48. The maximum atomic E-state index is 10.3. The van der Waals surface area contributed by atoms with E-state index in [0.29, 0.717) is 26.1 Å². The van der Waals surface area contributed by atoms with E-state index in [4.69, 9.17) is 40.8 Å². The first-order valence-corrected chi connectivity index (χ1v) is 12.0. The number of methoxy groups -OCH3 is 1. The fourth-order valence-corrected chi connectivity index (χ4v) is 4.06. The molecule has 1 aliphatic carbocycles. The maximum Gasteiger partial charge on any atom is 0.503 e. The van der Waals surface area contributed by atoms with Gasteiger partial charge in [-0.05, 0) is 61.1 Å². The smallest absolute Gasteiger partial charge is 0.497 e. The Bertz CT molecular complexity index is 855. The van der Waals surface area contributed by atoms with Crippen LogP contribution in [0.2, 0.25) is 5.02 Å². The summed E-state index contributed by atoms with van der Waals surface area (Å²) in [6.07, 6.45) is 0.561. The van der Waals surface area contributed by atoms with E-state index in [2.05, 4.69) is 0 Å². The van der Waals surface area contributed by atoms with E-state index < -0.39 is 24.5 Å². The van der Waals surface area contributed by atoms with Crippen molar-refractivity contribution in [2.45, 2.75) is 62.9 Å². The van der Waals surface area contributed by atoms with Crippen LogP contribution in [0.4, 0.5) is 4.79 Å². The molecule has 3 rings (SSSR count). The van der Waals surface area contributed by atoms with Gasteiger partial charge in [-0.25, -0.2) is 4.79 Å². The van der Waals surface area contributed by atoms with Gasteiger partial charge < -0.3 is 34.6 Å². The normalized spacial score (nSPS) is 21.6. The van der Waals surface area contributed by atoms with Crippen molar-refractivity contribution in [2.75, 3.05) is 20.3 Å². The Morgan fingerprint density at radius 3 is 1.94 bits per heavy atom. The Morgan fingerprint density at radius 1 is 0.886 bits per heavy atom. The first-order valence-electron chi connectivity index (χ1n) is 11.7. The van der Waals surface area contributed by atoms with E-state index in [1.54, 1.807) is 7.11 Å². The molecule has 0 heterocycles. The SMILES string of the molecule is COc1ccc(CCCO[C@@H]2C[C@@H](OCCCc3ccc(Cl)cc3)C[C@H](O)[C@H]2O)cc1.O=C(O)O. The lowest BCUT2D eigenvalue weighted by molar-refractivity contribution is -0.150. The number of carboxylic acid groups (broad SMARTS) is 2. The highest BCUT2D eigenvalue weighted by Crippen LogP contribution is 2.25. The van der Waals surface area contributed by atoms with Crippen LogP contribution < -0.4 is 4.74 Å². The summed E-state index contributed by atoms with van der Waals surface area (Å²) in [5.41, 5.74) is 2.45. The second-order valence-corrected chi connectivity index (χ2v) is 8.83. The van der Waals surface area contributed by atoms with Gasteiger partial charge in [0.15, 0.2) is 0 Å². The Morgan fingerprint density at radius 2 is 1.40 bits per heavy atom. The summed E-state index contributed by atoms with van der Waals surface area (Å²) < 4.78 is 17.1. The Balaban J connectivity index is 0.00000100. The average Bonchev–Trinajstić information content (AvgIpc) is 2.83. The van der Waals surface area contributed by atoms with E-state index in [1.165, 1.54) is 11.1 Å². The molecule has 4 N–H and O–H groups in total. The minimum absolute atomic E-state index is 0.102. The predicted octanol–water partition coefficient (Wildman–Crippen LogP) is 4.42. The number of aliphatic hydroxyl groups excluding tert-OH is 2. The second kappa shape index (κ2) is 15.6. The van der Waals surface area contributed by atoms with Crippen molar-refractivity contribution in [1.82, 2.24) is 0 Å². The van der Waals surface area contributed by atoms with Gasteiger partial charge in [-0.1, -0.05) is 35.9 Å². The molecule has 4 atom stereocenters. The second-order valence-electron chi connectivity index (χ2n) is 8.40. The zero-order valence-electron chi connectivity index (χ0n) is 19.9. The summed E-state index contributed by atoms with van der Waals surface area (Å²) >= 11 is 5.92. The molecule has 0 bridgehead atoms. The molecule has 0 amide bonds. The number of aryl methyl sites for hydroxylation is 2. The van der Waals surface area contributed by atoms with Crippen LogP contribution in [0.15, 0.2) is 48.5 Å². The Kier molecular flexibility index (Phi) is 12.9. The number of aliphatic hydroxyl groups is 2. The molecule has 2 aromatic rings. The van der Waals surface area contributed by atoms with Crippen LogP contribution in [0.3, 0.4) is 0 Å². The molecule has 0 aromatic heterocycles. The molecular weight excluding hydrogens is 476 g/mol. The minimum Gasteiger partial charge on any atom is -0.497 e. The predicted molar refractivity (Wildman–Crippen MR) is 132 cm³/mol. The van der Waals surface area contributed by atoms with Crippen LogP contribution in [0.5, 0.6) is 5.75 Å². The highest BCUT2D eigenvalue weighted by Gasteiger charge is 2.36. The van der Waals surface area contributed by atoms with Gasteiger partial charge in [0.1, 0.15) is 11.9 Å². The molecule has 194 valence electrons. The van der Waals surface area contributed by atoms with Gasteiger partial charge in [-0.2, -0.15) is 0 Å². The standard InChI is InChI=1S/C25H33ClO5.CH2O3/c1-29-21-12-8-19(9-13-21)5-3-15-31-24-17-22(16-23(27)25(24)28)30-14-2-4-18-6-10-20(26)11-7-18;2-1(3)4/h6-13,22-25,27-28H,2-5,14-17H2,1H3;(H2,2,3,4)/t22-,23-,24+,25+;/m0./s1. The van der Waals surface area contributed by atoms with Crippen molar-refractivity contribution < 1.29 is 39.4 Å². The number of hydrogen-bond donors (Lipinski definition) is 4. The number of halogens is 1. The van der Waals surface area contributed by atoms with Crippen LogP contribution in [-0.4, -0.2) is 71.3 Å². The molecule has 8 nitrogen and oxygen atoms in total. The molecule has 0 aliphatic heterocycles. The first kappa shape index (κ1) is 28.9. The Hall–Kier alpha value is -2.36. The quantitative estimate of drug-likeness (QED) is 0.327.